The van der Waals surface area contributed by atoms with E-state index in [1.807, 2.05) is 0 Å². The summed E-state index contributed by atoms with van der Waals surface area (Å²) in [6.07, 6.45) is 0. The smallest absolute Gasteiger partial charge is 0.341 e. The zero-order valence-electron chi connectivity index (χ0n) is 7.71. The average Bonchev–Trinajstić information content (AvgIpc) is 1.97. The maximum absolute atomic E-state index is 10.5. The molecule has 0 amide bonds. The molecule has 0 aliphatic rings. The molecule has 0 heterocycles. The fraction of sp³-hybridized carbons (Fsp3) is 0. The van der Waals surface area contributed by atoms with Crippen molar-refractivity contribution in [1.29, 1.82) is 0 Å². The number of benzene rings is 1. The second-order valence-electron chi connectivity index (χ2n) is 2.06. The van der Waals surface area contributed by atoms with Crippen molar-refractivity contribution in [3.63, 3.8) is 0 Å². The number of carbonyl (C=O) groups is 1. The third-order valence-electron chi connectivity index (χ3n) is 1.29. The van der Waals surface area contributed by atoms with Crippen molar-refractivity contribution < 1.29 is 15.0 Å². The Balaban J connectivity index is 0. The summed E-state index contributed by atoms with van der Waals surface area (Å²) >= 11 is 11.0. The van der Waals surface area contributed by atoms with Gasteiger partial charge in [0.2, 0.25) is 0 Å². The zero-order chi connectivity index (χ0) is 9.30. The second kappa shape index (κ2) is 8.44. The summed E-state index contributed by atoms with van der Waals surface area (Å²) in [5.41, 5.74) is -0.371. The summed E-state index contributed by atoms with van der Waals surface area (Å²) in [5, 5.41) is 17.7. The van der Waals surface area contributed by atoms with Crippen LogP contribution in [-0.4, -0.2) is 119 Å². The molecule has 14 heavy (non-hydrogen) atoms. The molecule has 3 nitrogen and oxygen atoms in total. The summed E-state index contributed by atoms with van der Waals surface area (Å²) in [6, 6.07) is 2.64. The molecule has 0 fully saturated rings. The maximum atomic E-state index is 10.5. The SMILES string of the molecule is O=C(O)c1c(Cl)ccc(Cl)c1O.[K].[K]. The minimum atomic E-state index is -1.31. The molecule has 7 heteroatoms. The van der Waals surface area contributed by atoms with Crippen LogP contribution in [0.4, 0.5) is 0 Å². The van der Waals surface area contributed by atoms with E-state index in [9.17, 15) is 4.79 Å². The Kier molecular flexibility index (Phi) is 11.3. The molecule has 66 valence electrons. The molecule has 0 aromatic heterocycles. The molecule has 0 saturated carbocycles. The van der Waals surface area contributed by atoms with E-state index in [0.29, 0.717) is 0 Å². The molecule has 0 bridgehead atoms. The third-order valence-corrected chi connectivity index (χ3v) is 1.91. The molecule has 0 atom stereocenters. The summed E-state index contributed by atoms with van der Waals surface area (Å²) < 4.78 is 0. The molecular weight excluding hydrogens is 281 g/mol. The quantitative estimate of drug-likeness (QED) is 0.771. The maximum Gasteiger partial charge on any atom is 0.341 e. The molecule has 0 saturated heterocycles. The van der Waals surface area contributed by atoms with Gasteiger partial charge in [0.05, 0.1) is 10.0 Å². The summed E-state index contributed by atoms with van der Waals surface area (Å²) in [6.45, 7) is 0. The van der Waals surface area contributed by atoms with E-state index in [1.54, 1.807) is 0 Å². The first kappa shape index (κ1) is 18.7. The second-order valence-corrected chi connectivity index (χ2v) is 2.87. The van der Waals surface area contributed by atoms with E-state index in [1.165, 1.54) is 12.1 Å². The van der Waals surface area contributed by atoms with E-state index >= 15 is 0 Å². The van der Waals surface area contributed by atoms with Crippen molar-refractivity contribution in [1.82, 2.24) is 0 Å². The van der Waals surface area contributed by atoms with Gasteiger partial charge in [0.15, 0.2) is 0 Å². The summed E-state index contributed by atoms with van der Waals surface area (Å²) in [4.78, 5) is 10.5. The molecule has 1 rings (SSSR count). The number of carboxylic acids is 1. The number of aromatic hydroxyl groups is 1. The van der Waals surface area contributed by atoms with E-state index in [-0.39, 0.29) is 118 Å². The van der Waals surface area contributed by atoms with Crippen molar-refractivity contribution >= 4 is 132 Å². The van der Waals surface area contributed by atoms with Crippen LogP contribution in [-0.2, 0) is 0 Å². The zero-order valence-corrected chi connectivity index (χ0v) is 15.5. The van der Waals surface area contributed by atoms with Crippen LogP contribution in [0.1, 0.15) is 10.4 Å². The Morgan fingerprint density at radius 3 is 1.93 bits per heavy atom. The average molecular weight is 285 g/mol. The molecule has 1 aromatic rings. The normalized spacial score (nSPS) is 8.43. The number of halogens is 2. The van der Waals surface area contributed by atoms with E-state index in [2.05, 4.69) is 0 Å². The van der Waals surface area contributed by atoms with Gasteiger partial charge < -0.3 is 10.2 Å². The minimum absolute atomic E-state index is 0. The van der Waals surface area contributed by atoms with Gasteiger partial charge in [-0.1, -0.05) is 23.2 Å². The largest absolute Gasteiger partial charge is 0.505 e. The van der Waals surface area contributed by atoms with E-state index < -0.39 is 11.7 Å². The van der Waals surface area contributed by atoms with Gasteiger partial charge in [-0.3, -0.25) is 0 Å². The Morgan fingerprint density at radius 1 is 1.14 bits per heavy atom. The predicted molar refractivity (Wildman–Crippen MR) is 56.6 cm³/mol. The molecule has 0 aliphatic heterocycles. The van der Waals surface area contributed by atoms with Gasteiger partial charge in [0, 0.05) is 103 Å². The van der Waals surface area contributed by atoms with Crippen molar-refractivity contribution in [2.45, 2.75) is 0 Å². The van der Waals surface area contributed by atoms with Gasteiger partial charge in [-0.15, -0.1) is 0 Å². The van der Waals surface area contributed by atoms with Crippen LogP contribution in [0.25, 0.3) is 0 Å². The first-order valence-corrected chi connectivity index (χ1v) is 3.70. The van der Waals surface area contributed by atoms with Crippen molar-refractivity contribution in [2.75, 3.05) is 0 Å². The predicted octanol–water partition coefficient (Wildman–Crippen LogP) is 1.64. The molecule has 1 aromatic carbocycles. The Hall–Kier alpha value is 2.34. The number of aromatic carboxylic acids is 1. The van der Waals surface area contributed by atoms with Crippen LogP contribution >= 0.6 is 23.2 Å². The number of rotatable bonds is 1. The van der Waals surface area contributed by atoms with E-state index in [0.717, 1.165) is 0 Å². The van der Waals surface area contributed by atoms with Crippen molar-refractivity contribution in [2.24, 2.45) is 0 Å². The minimum Gasteiger partial charge on any atom is -0.505 e. The van der Waals surface area contributed by atoms with Crippen LogP contribution in [0, 0.1) is 0 Å². The van der Waals surface area contributed by atoms with Crippen molar-refractivity contribution in [3.05, 3.63) is 27.7 Å². The van der Waals surface area contributed by atoms with Gasteiger partial charge in [0.25, 0.3) is 0 Å². The number of hydrogen-bond donors (Lipinski definition) is 2. The molecule has 2 radical (unpaired) electrons. The van der Waals surface area contributed by atoms with Crippen LogP contribution < -0.4 is 0 Å². The van der Waals surface area contributed by atoms with Crippen LogP contribution in [0.5, 0.6) is 5.75 Å². The molecule has 0 aliphatic carbocycles. The summed E-state index contributed by atoms with van der Waals surface area (Å²) in [5.74, 6) is -1.81. The number of carboxylic acid groups (broad SMARTS) is 1. The van der Waals surface area contributed by atoms with Gasteiger partial charge in [-0.2, -0.15) is 0 Å². The van der Waals surface area contributed by atoms with Crippen LogP contribution in [0.2, 0.25) is 10.0 Å². The van der Waals surface area contributed by atoms with Gasteiger partial charge >= 0.3 is 5.97 Å². The molecular formula is C7H4Cl2K2O3. The standard InChI is InChI=1S/C7H4Cl2O3.2K/c8-3-1-2-4(9)6(10)5(3)7(11)12;;/h1-2,10H,(H,11,12);;. The summed E-state index contributed by atoms with van der Waals surface area (Å²) in [7, 11) is 0. The molecule has 2 N–H and O–H groups in total. The number of hydrogen-bond acceptors (Lipinski definition) is 2. The number of phenols is 1. The van der Waals surface area contributed by atoms with Crippen LogP contribution in [0.3, 0.4) is 0 Å². The Morgan fingerprint density at radius 2 is 1.57 bits per heavy atom. The fourth-order valence-electron chi connectivity index (χ4n) is 0.745. The first-order chi connectivity index (χ1) is 5.54. The van der Waals surface area contributed by atoms with Crippen LogP contribution in [0.15, 0.2) is 12.1 Å². The Bertz CT molecular complexity index is 344. The van der Waals surface area contributed by atoms with Gasteiger partial charge in [0.1, 0.15) is 11.3 Å². The first-order valence-electron chi connectivity index (χ1n) is 2.94. The van der Waals surface area contributed by atoms with Gasteiger partial charge in [-0.25, -0.2) is 4.79 Å². The molecule has 0 spiro atoms. The van der Waals surface area contributed by atoms with E-state index in [4.69, 9.17) is 33.4 Å². The van der Waals surface area contributed by atoms with Crippen molar-refractivity contribution in [3.8, 4) is 5.75 Å². The molecule has 0 unspecified atom stereocenters. The van der Waals surface area contributed by atoms with Gasteiger partial charge in [-0.05, 0) is 12.1 Å². The third kappa shape index (κ3) is 4.69. The monoisotopic (exact) mass is 284 g/mol. The fourth-order valence-corrected chi connectivity index (χ4v) is 1.14. The Labute approximate surface area is 176 Å². The topological polar surface area (TPSA) is 57.5 Å².